The first-order valence-corrected chi connectivity index (χ1v) is 16.8. The molecule has 0 aliphatic heterocycles. The Hall–Kier alpha value is -4.41. The molecule has 1 aliphatic rings. The van der Waals surface area contributed by atoms with Crippen molar-refractivity contribution in [2.24, 2.45) is 11.8 Å². The van der Waals surface area contributed by atoms with Crippen LogP contribution in [0.5, 0.6) is 0 Å². The van der Waals surface area contributed by atoms with Crippen molar-refractivity contribution in [2.45, 2.75) is 104 Å². The minimum Gasteiger partial charge on any atom is -0.458 e. The van der Waals surface area contributed by atoms with Crippen LogP contribution in [-0.4, -0.2) is 66.7 Å². The van der Waals surface area contributed by atoms with Gasteiger partial charge in [0, 0.05) is 18.9 Å². The van der Waals surface area contributed by atoms with Gasteiger partial charge in [0.1, 0.15) is 30.3 Å². The SMILES string of the molecule is CC(C)C[C@H](NC(=O)CCNC(=O)OCC1c2ccccc2-c2ccccc21)C(=O)N[C@@H](C)C(=O)N[C@@H](CC(C)C)C(=O)OC(C)(C)C. The third kappa shape index (κ3) is 11.4. The van der Waals surface area contributed by atoms with E-state index in [2.05, 4.69) is 33.4 Å². The van der Waals surface area contributed by atoms with Gasteiger partial charge in [0.25, 0.3) is 0 Å². The molecule has 3 rings (SSSR count). The second-order valence-corrected chi connectivity index (χ2v) is 14.2. The Morgan fingerprint density at radius 2 is 1.27 bits per heavy atom. The number of ether oxygens (including phenoxy) is 2. The second-order valence-electron chi connectivity index (χ2n) is 14.2. The zero-order chi connectivity index (χ0) is 35.6. The number of nitrogens with one attached hydrogen (secondary N) is 4. The molecule has 1 aliphatic carbocycles. The van der Waals surface area contributed by atoms with Crippen molar-refractivity contribution < 1.29 is 33.4 Å². The number of alkyl carbamates (subject to hydrolysis) is 1. The number of carbonyl (C=O) groups is 5. The molecule has 2 aromatic rings. The number of rotatable bonds is 15. The van der Waals surface area contributed by atoms with Gasteiger partial charge < -0.3 is 30.7 Å². The molecule has 0 fully saturated rings. The van der Waals surface area contributed by atoms with E-state index in [4.69, 9.17) is 9.47 Å². The summed E-state index contributed by atoms with van der Waals surface area (Å²) < 4.78 is 11.0. The van der Waals surface area contributed by atoms with Gasteiger partial charge in [-0.05, 0) is 74.6 Å². The highest BCUT2D eigenvalue weighted by molar-refractivity contribution is 5.93. The molecule has 0 aromatic heterocycles. The van der Waals surface area contributed by atoms with E-state index in [1.165, 1.54) is 6.92 Å². The fourth-order valence-electron chi connectivity index (χ4n) is 5.63. The summed E-state index contributed by atoms with van der Waals surface area (Å²) in [6, 6.07) is 13.4. The van der Waals surface area contributed by atoms with E-state index >= 15 is 0 Å². The van der Waals surface area contributed by atoms with Crippen LogP contribution in [0, 0.1) is 11.8 Å². The number of amides is 4. The van der Waals surface area contributed by atoms with Crippen molar-refractivity contribution in [2.75, 3.05) is 13.2 Å². The van der Waals surface area contributed by atoms with Gasteiger partial charge in [-0.3, -0.25) is 14.4 Å². The summed E-state index contributed by atoms with van der Waals surface area (Å²) in [7, 11) is 0. The molecule has 4 N–H and O–H groups in total. The van der Waals surface area contributed by atoms with Gasteiger partial charge in [-0.1, -0.05) is 76.2 Å². The molecule has 0 bridgehead atoms. The third-order valence-corrected chi connectivity index (χ3v) is 7.79. The summed E-state index contributed by atoms with van der Waals surface area (Å²) in [5.74, 6) is -1.95. The van der Waals surface area contributed by atoms with Crippen LogP contribution in [0.2, 0.25) is 0 Å². The van der Waals surface area contributed by atoms with E-state index in [0.717, 1.165) is 22.3 Å². The number of hydrogen-bond donors (Lipinski definition) is 4. The van der Waals surface area contributed by atoms with E-state index < -0.39 is 53.5 Å². The highest BCUT2D eigenvalue weighted by Gasteiger charge is 2.31. The van der Waals surface area contributed by atoms with Crippen LogP contribution >= 0.6 is 0 Å². The van der Waals surface area contributed by atoms with Gasteiger partial charge in [-0.2, -0.15) is 0 Å². The number of benzene rings is 2. The molecule has 11 heteroatoms. The molecule has 0 saturated carbocycles. The lowest BCUT2D eigenvalue weighted by Crippen LogP contribution is -2.55. The van der Waals surface area contributed by atoms with Gasteiger partial charge in [-0.25, -0.2) is 9.59 Å². The maximum absolute atomic E-state index is 13.2. The minimum absolute atomic E-state index is 0.0131. The average molecular weight is 665 g/mol. The molecule has 0 unspecified atom stereocenters. The molecule has 3 atom stereocenters. The molecule has 262 valence electrons. The van der Waals surface area contributed by atoms with Crippen molar-refractivity contribution >= 4 is 29.8 Å². The van der Waals surface area contributed by atoms with Crippen LogP contribution in [0.1, 0.15) is 91.7 Å². The van der Waals surface area contributed by atoms with Gasteiger partial charge in [0.05, 0.1) is 0 Å². The zero-order valence-corrected chi connectivity index (χ0v) is 29.5. The Bertz CT molecular complexity index is 1400. The van der Waals surface area contributed by atoms with Gasteiger partial charge in [-0.15, -0.1) is 0 Å². The monoisotopic (exact) mass is 664 g/mol. The standard InChI is InChI=1S/C37H52N4O7/c1-22(2)19-30(34(44)39-24(5)33(43)41-31(20-23(3)4)35(45)48-37(6,7)8)40-32(42)17-18-38-36(46)47-21-29-27-15-11-9-13-25(27)26-14-10-12-16-28(26)29/h9-16,22-24,29-31H,17-21H2,1-8H3,(H,38,46)(H,39,44)(H,40,42)(H,41,43)/t24-,30-,31-/m0/s1. The molecule has 2 aromatic carbocycles. The summed E-state index contributed by atoms with van der Waals surface area (Å²) >= 11 is 0. The first kappa shape index (κ1) is 38.0. The lowest BCUT2D eigenvalue weighted by molar-refractivity contribution is -0.159. The van der Waals surface area contributed by atoms with E-state index in [0.29, 0.717) is 12.8 Å². The molecule has 0 spiro atoms. The van der Waals surface area contributed by atoms with Crippen LogP contribution in [-0.2, 0) is 28.7 Å². The quantitative estimate of drug-likeness (QED) is 0.199. The first-order valence-electron chi connectivity index (χ1n) is 16.8. The maximum Gasteiger partial charge on any atom is 0.407 e. The van der Waals surface area contributed by atoms with Crippen LogP contribution < -0.4 is 21.3 Å². The van der Waals surface area contributed by atoms with Crippen LogP contribution in [0.25, 0.3) is 11.1 Å². The number of hydrogen-bond acceptors (Lipinski definition) is 7. The number of carbonyl (C=O) groups excluding carboxylic acids is 5. The summed E-state index contributed by atoms with van der Waals surface area (Å²) in [5.41, 5.74) is 3.75. The Morgan fingerprint density at radius 3 is 1.81 bits per heavy atom. The zero-order valence-electron chi connectivity index (χ0n) is 29.5. The van der Waals surface area contributed by atoms with Crippen LogP contribution in [0.4, 0.5) is 4.79 Å². The molecule has 0 saturated heterocycles. The van der Waals surface area contributed by atoms with E-state index in [1.807, 2.05) is 64.1 Å². The van der Waals surface area contributed by atoms with Gasteiger partial charge in [0.2, 0.25) is 17.7 Å². The van der Waals surface area contributed by atoms with E-state index in [-0.39, 0.29) is 37.3 Å². The summed E-state index contributed by atoms with van der Waals surface area (Å²) in [6.07, 6.45) is -0.00513. The third-order valence-electron chi connectivity index (χ3n) is 7.79. The van der Waals surface area contributed by atoms with Crippen molar-refractivity contribution in [3.05, 3.63) is 59.7 Å². The molecular formula is C37H52N4O7. The smallest absolute Gasteiger partial charge is 0.407 e. The summed E-state index contributed by atoms with van der Waals surface area (Å²) in [5, 5.41) is 10.7. The fourth-order valence-corrected chi connectivity index (χ4v) is 5.63. The van der Waals surface area contributed by atoms with Crippen LogP contribution in [0.15, 0.2) is 48.5 Å². The Kier molecular flexibility index (Phi) is 13.6. The fraction of sp³-hybridized carbons (Fsp3) is 0.541. The summed E-state index contributed by atoms with van der Waals surface area (Å²) in [4.78, 5) is 64.2. The molecule has 48 heavy (non-hydrogen) atoms. The topological polar surface area (TPSA) is 152 Å². The first-order chi connectivity index (χ1) is 22.6. The molecule has 0 heterocycles. The maximum atomic E-state index is 13.2. The summed E-state index contributed by atoms with van der Waals surface area (Å²) in [6.45, 7) is 14.6. The molecule has 0 radical (unpaired) electrons. The van der Waals surface area contributed by atoms with Crippen molar-refractivity contribution in [1.82, 2.24) is 21.3 Å². The van der Waals surface area contributed by atoms with E-state index in [1.54, 1.807) is 20.8 Å². The highest BCUT2D eigenvalue weighted by atomic mass is 16.6. The molecular weight excluding hydrogens is 612 g/mol. The Labute approximate surface area is 284 Å². The van der Waals surface area contributed by atoms with Crippen molar-refractivity contribution in [3.8, 4) is 11.1 Å². The molecule has 4 amide bonds. The highest BCUT2D eigenvalue weighted by Crippen LogP contribution is 2.44. The predicted molar refractivity (Wildman–Crippen MR) is 184 cm³/mol. The Morgan fingerprint density at radius 1 is 0.729 bits per heavy atom. The second kappa shape index (κ2) is 17.1. The van der Waals surface area contributed by atoms with Crippen molar-refractivity contribution in [1.29, 1.82) is 0 Å². The Balaban J connectivity index is 1.48. The normalized spacial score (nSPS) is 14.3. The lowest BCUT2D eigenvalue weighted by Gasteiger charge is -2.27. The number of esters is 1. The van der Waals surface area contributed by atoms with Gasteiger partial charge >= 0.3 is 12.1 Å². The van der Waals surface area contributed by atoms with Crippen molar-refractivity contribution in [3.63, 3.8) is 0 Å². The minimum atomic E-state index is -0.976. The number of fused-ring (bicyclic) bond motifs is 3. The van der Waals surface area contributed by atoms with Crippen LogP contribution in [0.3, 0.4) is 0 Å². The average Bonchev–Trinajstić information content (AvgIpc) is 3.31. The molecule has 11 nitrogen and oxygen atoms in total. The largest absolute Gasteiger partial charge is 0.458 e. The predicted octanol–water partition coefficient (Wildman–Crippen LogP) is 4.82. The van der Waals surface area contributed by atoms with E-state index in [9.17, 15) is 24.0 Å². The van der Waals surface area contributed by atoms with Gasteiger partial charge in [0.15, 0.2) is 0 Å². The lowest BCUT2D eigenvalue weighted by atomic mass is 9.98.